The molecule has 3 aromatic rings. The molecule has 10 heteroatoms. The van der Waals surface area contributed by atoms with Gasteiger partial charge in [0.1, 0.15) is 22.2 Å². The lowest BCUT2D eigenvalue weighted by molar-refractivity contribution is 0.102. The Labute approximate surface area is 184 Å². The van der Waals surface area contributed by atoms with Crippen LogP contribution in [0, 0.1) is 13.8 Å². The van der Waals surface area contributed by atoms with Crippen LogP contribution in [0.3, 0.4) is 0 Å². The van der Waals surface area contributed by atoms with E-state index in [1.54, 1.807) is 50.2 Å². The number of aryl methyl sites for hydroxylation is 2. The van der Waals surface area contributed by atoms with Crippen LogP contribution in [0.25, 0.3) is 0 Å². The highest BCUT2D eigenvalue weighted by atomic mass is 35.5. The summed E-state index contributed by atoms with van der Waals surface area (Å²) >= 11 is 7.08. The fraction of sp³-hybridized carbons (Fsp3) is 0.200. The number of nitrogens with one attached hydrogen (secondary N) is 2. The van der Waals surface area contributed by atoms with Gasteiger partial charge in [-0.15, -0.1) is 11.3 Å². The molecule has 2 N–H and O–H groups in total. The Balaban J connectivity index is 1.73. The summed E-state index contributed by atoms with van der Waals surface area (Å²) in [5, 5.41) is 4.01. The van der Waals surface area contributed by atoms with Crippen molar-refractivity contribution < 1.29 is 17.9 Å². The largest absolute Gasteiger partial charge is 0.486 e. The Morgan fingerprint density at radius 2 is 1.87 bits per heavy atom. The quantitative estimate of drug-likeness (QED) is 0.546. The van der Waals surface area contributed by atoms with Crippen molar-refractivity contribution in [3.63, 3.8) is 0 Å². The predicted molar refractivity (Wildman–Crippen MR) is 118 cm³/mol. The molecule has 0 aliphatic heterocycles. The van der Waals surface area contributed by atoms with E-state index in [1.165, 1.54) is 24.5 Å². The number of ether oxygens (including phenoxy) is 1. The number of hydrogen-bond donors (Lipinski definition) is 2. The number of carbonyl (C=O) groups is 1. The van der Waals surface area contributed by atoms with Crippen LogP contribution in [0.1, 0.15) is 25.9 Å². The fourth-order valence-electron chi connectivity index (χ4n) is 2.67. The third kappa shape index (κ3) is 5.17. The van der Waals surface area contributed by atoms with E-state index in [-0.39, 0.29) is 17.4 Å². The lowest BCUT2D eigenvalue weighted by Gasteiger charge is -2.10. The summed E-state index contributed by atoms with van der Waals surface area (Å²) in [6.07, 6.45) is 0. The molecule has 3 rings (SSSR count). The third-order valence-electron chi connectivity index (χ3n) is 4.23. The molecule has 0 atom stereocenters. The minimum absolute atomic E-state index is 0.112. The van der Waals surface area contributed by atoms with E-state index in [0.717, 1.165) is 0 Å². The van der Waals surface area contributed by atoms with Crippen LogP contribution in [-0.4, -0.2) is 26.4 Å². The number of benzene rings is 2. The minimum atomic E-state index is -3.63. The molecule has 2 aromatic carbocycles. The van der Waals surface area contributed by atoms with Gasteiger partial charge in [-0.1, -0.05) is 17.7 Å². The van der Waals surface area contributed by atoms with Crippen molar-refractivity contribution in [3.05, 3.63) is 68.6 Å². The van der Waals surface area contributed by atoms with Gasteiger partial charge in [0, 0.05) is 10.7 Å². The highest BCUT2D eigenvalue weighted by Gasteiger charge is 2.19. The number of rotatable bonds is 7. The van der Waals surface area contributed by atoms with E-state index in [9.17, 15) is 13.2 Å². The van der Waals surface area contributed by atoms with Crippen molar-refractivity contribution in [2.45, 2.75) is 25.3 Å². The first-order valence-electron chi connectivity index (χ1n) is 8.90. The van der Waals surface area contributed by atoms with Crippen LogP contribution in [-0.2, 0) is 16.6 Å². The zero-order valence-electron chi connectivity index (χ0n) is 16.5. The van der Waals surface area contributed by atoms with Crippen molar-refractivity contribution in [1.29, 1.82) is 0 Å². The topological polar surface area (TPSA) is 97.4 Å². The number of carbonyl (C=O) groups excluding carboxylic acids is 1. The number of nitrogens with zero attached hydrogens (tertiary/aromatic N) is 1. The molecular weight excluding hydrogens is 446 g/mol. The molecule has 0 aliphatic carbocycles. The Hall–Kier alpha value is -2.46. The highest BCUT2D eigenvalue weighted by Crippen LogP contribution is 2.24. The Morgan fingerprint density at radius 1 is 1.17 bits per heavy atom. The number of anilines is 1. The Morgan fingerprint density at radius 3 is 2.53 bits per heavy atom. The van der Waals surface area contributed by atoms with E-state index in [4.69, 9.17) is 16.3 Å². The molecule has 0 aliphatic rings. The van der Waals surface area contributed by atoms with Gasteiger partial charge >= 0.3 is 0 Å². The second-order valence-electron chi connectivity index (χ2n) is 6.41. The second-order valence-corrected chi connectivity index (χ2v) is 9.78. The molecule has 1 heterocycles. The van der Waals surface area contributed by atoms with Gasteiger partial charge in [0.15, 0.2) is 0 Å². The Bertz CT molecular complexity index is 1180. The van der Waals surface area contributed by atoms with Gasteiger partial charge in [0.05, 0.1) is 10.6 Å². The first-order chi connectivity index (χ1) is 14.2. The number of sulfonamides is 1. The molecule has 7 nitrogen and oxygen atoms in total. The van der Waals surface area contributed by atoms with Gasteiger partial charge in [0.25, 0.3) is 5.91 Å². The van der Waals surface area contributed by atoms with E-state index in [1.807, 2.05) is 0 Å². The van der Waals surface area contributed by atoms with Gasteiger partial charge in [-0.3, -0.25) is 4.79 Å². The lowest BCUT2D eigenvalue weighted by atomic mass is 10.2. The van der Waals surface area contributed by atoms with Gasteiger partial charge in [-0.2, -0.15) is 0 Å². The van der Waals surface area contributed by atoms with Crippen LogP contribution in [0.15, 0.2) is 47.4 Å². The van der Waals surface area contributed by atoms with Crippen LogP contribution in [0.5, 0.6) is 5.75 Å². The average Bonchev–Trinajstić information content (AvgIpc) is 3.09. The van der Waals surface area contributed by atoms with E-state index in [0.29, 0.717) is 37.6 Å². The summed E-state index contributed by atoms with van der Waals surface area (Å²) in [7, 11) is -2.29. The fourth-order valence-corrected chi connectivity index (χ4v) is 4.66. The monoisotopic (exact) mass is 465 g/mol. The summed E-state index contributed by atoms with van der Waals surface area (Å²) in [6, 6.07) is 11.7. The molecule has 0 saturated heterocycles. The van der Waals surface area contributed by atoms with Crippen molar-refractivity contribution >= 4 is 44.6 Å². The van der Waals surface area contributed by atoms with Crippen molar-refractivity contribution in [3.8, 4) is 5.75 Å². The molecule has 1 amide bonds. The highest BCUT2D eigenvalue weighted by molar-refractivity contribution is 7.89. The molecular formula is C20H20ClN3O4S2. The van der Waals surface area contributed by atoms with Crippen molar-refractivity contribution in [2.24, 2.45) is 0 Å². The smallest absolute Gasteiger partial charge is 0.267 e. The van der Waals surface area contributed by atoms with Gasteiger partial charge in [-0.05, 0) is 62.9 Å². The predicted octanol–water partition coefficient (Wildman–Crippen LogP) is 4.15. The van der Waals surface area contributed by atoms with E-state index < -0.39 is 10.0 Å². The van der Waals surface area contributed by atoms with Crippen molar-refractivity contribution in [1.82, 2.24) is 9.71 Å². The average molecular weight is 466 g/mol. The summed E-state index contributed by atoms with van der Waals surface area (Å²) in [5.41, 5.74) is 1.53. The summed E-state index contributed by atoms with van der Waals surface area (Å²) in [4.78, 5) is 17.7. The SMILES string of the molecule is CNS(=O)(=O)c1cc(NC(=O)c2sc(COc3ccc(Cl)cc3)nc2C)ccc1C. The standard InChI is InChI=1S/C20H20ClN3O4S2/c1-12-4-7-15(10-17(12)30(26,27)22-3)24-20(25)19-13(2)23-18(29-19)11-28-16-8-5-14(21)6-9-16/h4-10,22H,11H2,1-3H3,(H,24,25). The zero-order chi connectivity index (χ0) is 21.9. The molecule has 158 valence electrons. The molecule has 0 bridgehead atoms. The van der Waals surface area contributed by atoms with E-state index in [2.05, 4.69) is 15.0 Å². The van der Waals surface area contributed by atoms with Crippen LogP contribution >= 0.6 is 22.9 Å². The lowest BCUT2D eigenvalue weighted by Crippen LogP contribution is -2.20. The maximum absolute atomic E-state index is 12.7. The number of amides is 1. The van der Waals surface area contributed by atoms with Crippen LogP contribution in [0.2, 0.25) is 5.02 Å². The third-order valence-corrected chi connectivity index (χ3v) is 7.17. The normalized spacial score (nSPS) is 11.3. The van der Waals surface area contributed by atoms with Gasteiger partial charge < -0.3 is 10.1 Å². The van der Waals surface area contributed by atoms with Gasteiger partial charge in [0.2, 0.25) is 10.0 Å². The van der Waals surface area contributed by atoms with E-state index >= 15 is 0 Å². The maximum Gasteiger partial charge on any atom is 0.267 e. The van der Waals surface area contributed by atoms with Crippen molar-refractivity contribution in [2.75, 3.05) is 12.4 Å². The van der Waals surface area contributed by atoms with Crippen LogP contribution in [0.4, 0.5) is 5.69 Å². The molecule has 0 radical (unpaired) electrons. The van der Waals surface area contributed by atoms with Gasteiger partial charge in [-0.25, -0.2) is 18.1 Å². The molecule has 0 unspecified atom stereocenters. The first kappa shape index (κ1) is 22.2. The number of hydrogen-bond acceptors (Lipinski definition) is 6. The minimum Gasteiger partial charge on any atom is -0.486 e. The molecule has 1 aromatic heterocycles. The summed E-state index contributed by atoms with van der Waals surface area (Å²) < 4.78 is 32.2. The number of aromatic nitrogens is 1. The molecule has 0 fully saturated rings. The van der Waals surface area contributed by atoms with Crippen LogP contribution < -0.4 is 14.8 Å². The molecule has 0 saturated carbocycles. The first-order valence-corrected chi connectivity index (χ1v) is 11.6. The second kappa shape index (κ2) is 9.13. The molecule has 0 spiro atoms. The summed E-state index contributed by atoms with van der Waals surface area (Å²) in [6.45, 7) is 3.65. The number of thiazole rings is 1. The maximum atomic E-state index is 12.7. The Kier molecular flexibility index (Phi) is 6.77. The number of halogens is 1. The molecule has 30 heavy (non-hydrogen) atoms. The summed E-state index contributed by atoms with van der Waals surface area (Å²) in [5.74, 6) is 0.288. The zero-order valence-corrected chi connectivity index (χ0v) is 18.9.